The summed E-state index contributed by atoms with van der Waals surface area (Å²) in [6.45, 7) is 7.11. The predicted molar refractivity (Wildman–Crippen MR) is 193 cm³/mol. The van der Waals surface area contributed by atoms with Crippen molar-refractivity contribution in [2.24, 2.45) is 0 Å². The van der Waals surface area contributed by atoms with Crippen LogP contribution in [0.1, 0.15) is 56.0 Å². The molecule has 2 aliphatic heterocycles. The van der Waals surface area contributed by atoms with Crippen molar-refractivity contribution >= 4 is 46.6 Å². The molecule has 1 saturated carbocycles. The van der Waals surface area contributed by atoms with Crippen molar-refractivity contribution in [3.05, 3.63) is 74.8 Å². The lowest BCUT2D eigenvalue weighted by atomic mass is 9.83. The quantitative estimate of drug-likeness (QED) is 0.159. The Hall–Kier alpha value is -4.63. The van der Waals surface area contributed by atoms with Crippen LogP contribution in [0.2, 0.25) is 5.02 Å². The third-order valence-electron chi connectivity index (χ3n) is 9.30. The summed E-state index contributed by atoms with van der Waals surface area (Å²) in [7, 11) is 1.59. The summed E-state index contributed by atoms with van der Waals surface area (Å²) in [4.78, 5) is 50.7. The molecule has 0 radical (unpaired) electrons. The zero-order valence-electron chi connectivity index (χ0n) is 30.0. The van der Waals surface area contributed by atoms with Crippen LogP contribution in [0.4, 0.5) is 18.4 Å². The molecule has 2 fully saturated rings. The van der Waals surface area contributed by atoms with Crippen LogP contribution in [-0.2, 0) is 16.1 Å². The smallest absolute Gasteiger partial charge is 0.410 e. The number of rotatable bonds is 11. The van der Waals surface area contributed by atoms with Gasteiger partial charge in [0.1, 0.15) is 24.6 Å². The first kappa shape index (κ1) is 38.1. The van der Waals surface area contributed by atoms with Crippen LogP contribution in [-0.4, -0.2) is 100 Å². The molecule has 3 heterocycles. The molecule has 16 heteroatoms. The van der Waals surface area contributed by atoms with Gasteiger partial charge in [-0.1, -0.05) is 35.1 Å². The van der Waals surface area contributed by atoms with Crippen molar-refractivity contribution in [2.75, 3.05) is 33.4 Å². The third kappa shape index (κ3) is 8.30. The Balaban J connectivity index is 1.33. The first-order valence-electron chi connectivity index (χ1n) is 17.2. The Morgan fingerprint density at radius 3 is 2.51 bits per heavy atom. The Bertz CT molecular complexity index is 1930. The number of carbonyl (C=O) groups is 3. The summed E-state index contributed by atoms with van der Waals surface area (Å²) < 4.78 is 50.6. The van der Waals surface area contributed by atoms with Gasteiger partial charge in [0, 0.05) is 37.4 Å². The molecule has 1 aliphatic carbocycles. The fraction of sp³-hybridized carbons (Fsp3) is 0.459. The molecule has 2 aromatic carbocycles. The summed E-state index contributed by atoms with van der Waals surface area (Å²) in [5.74, 6) is -2.18. The van der Waals surface area contributed by atoms with Gasteiger partial charge in [-0.2, -0.15) is 0 Å². The Kier molecular flexibility index (Phi) is 11.1. The average molecular weight is 775 g/mol. The molecule has 284 valence electrons. The maximum atomic E-state index is 15.0. The number of aromatic nitrogens is 1. The van der Waals surface area contributed by atoms with E-state index in [-0.39, 0.29) is 67.0 Å². The van der Waals surface area contributed by atoms with Crippen molar-refractivity contribution < 1.29 is 47.2 Å². The number of hydrogen-bond acceptors (Lipinski definition) is 9. The maximum absolute atomic E-state index is 15.0. The minimum atomic E-state index is -1.20. The van der Waals surface area contributed by atoms with Crippen LogP contribution in [0.25, 0.3) is 5.57 Å². The van der Waals surface area contributed by atoms with Crippen LogP contribution >= 0.6 is 22.9 Å². The summed E-state index contributed by atoms with van der Waals surface area (Å²) in [5.41, 5.74) is 1.87. The van der Waals surface area contributed by atoms with Crippen molar-refractivity contribution in [2.45, 2.75) is 77.2 Å². The molecule has 3 aromatic rings. The molecule has 1 aromatic heterocycles. The molecular formula is C37H41ClF2N4O8S. The monoisotopic (exact) mass is 774 g/mol. The lowest BCUT2D eigenvalue weighted by Crippen LogP contribution is -2.65. The number of hydrogen-bond donors (Lipinski definition) is 1. The minimum absolute atomic E-state index is 0.0575. The average Bonchev–Trinajstić information content (AvgIpc) is 3.83. The number of carbonyl (C=O) groups excluding carboxylic acids is 2. The Morgan fingerprint density at radius 2 is 1.83 bits per heavy atom. The number of halogens is 3. The number of thiazole rings is 1. The molecule has 53 heavy (non-hydrogen) atoms. The largest absolute Gasteiger partial charge is 0.496 e. The van der Waals surface area contributed by atoms with Crippen molar-refractivity contribution in [3.63, 3.8) is 0 Å². The van der Waals surface area contributed by atoms with Crippen molar-refractivity contribution in [1.29, 1.82) is 0 Å². The van der Waals surface area contributed by atoms with Crippen molar-refractivity contribution in [3.8, 4) is 16.7 Å². The molecule has 1 N–H and O–H groups in total. The van der Waals surface area contributed by atoms with Crippen molar-refractivity contribution in [1.82, 2.24) is 19.7 Å². The fourth-order valence-corrected chi connectivity index (χ4v) is 7.71. The number of benzene rings is 2. The number of carboxylic acid groups (broad SMARTS) is 1. The second-order valence-electron chi connectivity index (χ2n) is 14.1. The van der Waals surface area contributed by atoms with Crippen LogP contribution in [0, 0.1) is 18.6 Å². The fourth-order valence-electron chi connectivity index (χ4n) is 6.70. The van der Waals surface area contributed by atoms with Crippen LogP contribution < -0.4 is 14.2 Å². The first-order chi connectivity index (χ1) is 25.2. The minimum Gasteiger partial charge on any atom is -0.496 e. The van der Waals surface area contributed by atoms with E-state index >= 15 is 0 Å². The van der Waals surface area contributed by atoms with Gasteiger partial charge in [0.2, 0.25) is 0 Å². The molecular weight excluding hydrogens is 734 g/mol. The summed E-state index contributed by atoms with van der Waals surface area (Å²) in [6.07, 6.45) is 1.48. The molecule has 0 spiro atoms. The van der Waals surface area contributed by atoms with Crippen LogP contribution in [0.5, 0.6) is 16.7 Å². The first-order valence-corrected chi connectivity index (χ1v) is 18.4. The summed E-state index contributed by atoms with van der Waals surface area (Å²) in [5, 5.41) is 10.4. The maximum Gasteiger partial charge on any atom is 0.410 e. The number of piperazine rings is 1. The van der Waals surface area contributed by atoms with Crippen LogP contribution in [0.3, 0.4) is 0 Å². The van der Waals surface area contributed by atoms with Gasteiger partial charge in [-0.3, -0.25) is 9.69 Å². The van der Waals surface area contributed by atoms with E-state index in [9.17, 15) is 28.3 Å². The highest BCUT2D eigenvalue weighted by atomic mass is 35.5. The van der Waals surface area contributed by atoms with Gasteiger partial charge in [-0.05, 0) is 81.9 Å². The molecule has 3 aliphatic rings. The van der Waals surface area contributed by atoms with E-state index in [1.807, 2.05) is 25.1 Å². The molecule has 1 saturated heterocycles. The number of ether oxygens (including phenoxy) is 4. The SMILES string of the molecule is COc1cccc(CN(C(=O)C2=C(c3cnc(OCCOc4c(F)ccc(Cl)c4F)s3)CC3CN(C(=O)OC(C)(C)C)C[C@H]2N3C(=O)O)C2CC2)c1C. The van der Waals surface area contributed by atoms with E-state index in [2.05, 4.69) is 4.98 Å². The van der Waals surface area contributed by atoms with Gasteiger partial charge >= 0.3 is 12.2 Å². The highest BCUT2D eigenvalue weighted by molar-refractivity contribution is 7.14. The molecule has 2 atom stereocenters. The van der Waals surface area contributed by atoms with Gasteiger partial charge in [0.25, 0.3) is 11.1 Å². The lowest BCUT2D eigenvalue weighted by Gasteiger charge is -2.50. The van der Waals surface area contributed by atoms with Gasteiger partial charge in [-0.15, -0.1) is 0 Å². The Labute approximate surface area is 314 Å². The summed E-state index contributed by atoms with van der Waals surface area (Å²) >= 11 is 6.91. The summed E-state index contributed by atoms with van der Waals surface area (Å²) in [6, 6.07) is 6.02. The highest BCUT2D eigenvalue weighted by Crippen LogP contribution is 2.43. The van der Waals surface area contributed by atoms with E-state index in [1.54, 1.807) is 39.0 Å². The zero-order chi connectivity index (χ0) is 38.2. The topological polar surface area (TPSA) is 131 Å². The van der Waals surface area contributed by atoms with Crippen LogP contribution in [0.15, 0.2) is 42.1 Å². The number of amides is 3. The van der Waals surface area contributed by atoms with E-state index in [0.717, 1.165) is 47.4 Å². The van der Waals surface area contributed by atoms with E-state index in [4.69, 9.17) is 30.5 Å². The molecule has 12 nitrogen and oxygen atoms in total. The molecule has 1 unspecified atom stereocenters. The second-order valence-corrected chi connectivity index (χ2v) is 15.5. The van der Waals surface area contributed by atoms with E-state index in [0.29, 0.717) is 16.2 Å². The third-order valence-corrected chi connectivity index (χ3v) is 10.6. The number of methoxy groups -OCH3 is 1. The lowest BCUT2D eigenvalue weighted by molar-refractivity contribution is -0.129. The van der Waals surface area contributed by atoms with Gasteiger partial charge in [0.05, 0.1) is 29.1 Å². The number of nitrogens with zero attached hydrogens (tertiary/aromatic N) is 4. The highest BCUT2D eigenvalue weighted by Gasteiger charge is 2.50. The normalized spacial score (nSPS) is 18.5. The standard InChI is InChI=1S/C37H41ClF2N4O8S/c1-20-21(7-6-8-28(20)49-5)17-43(22-9-10-22)33(45)30-24(15-23-18-42(36(48)52-37(2,3)4)19-27(30)44(23)35(46)47)29-16-41-34(53-29)51-14-13-50-32-26(39)12-11-25(38)31(32)40/h6-8,11-12,16,22-23,27H,9-10,13-15,17-19H2,1-5H3,(H,46,47)/t23?,27-/m1/s1. The van der Waals surface area contributed by atoms with Gasteiger partial charge < -0.3 is 33.9 Å². The van der Waals surface area contributed by atoms with E-state index in [1.165, 1.54) is 9.80 Å². The second kappa shape index (κ2) is 15.4. The predicted octanol–water partition coefficient (Wildman–Crippen LogP) is 7.17. The molecule has 2 bridgehead atoms. The molecule has 3 amide bonds. The molecule has 6 rings (SSSR count). The van der Waals surface area contributed by atoms with Gasteiger partial charge in [-0.25, -0.2) is 23.4 Å². The van der Waals surface area contributed by atoms with Gasteiger partial charge in [0.15, 0.2) is 17.4 Å². The zero-order valence-corrected chi connectivity index (χ0v) is 31.6. The Morgan fingerprint density at radius 1 is 1.09 bits per heavy atom. The number of fused-ring (bicyclic) bond motifs is 2. The van der Waals surface area contributed by atoms with E-state index < -0.39 is 47.3 Å².